The number of rotatable bonds is 15. The summed E-state index contributed by atoms with van der Waals surface area (Å²) in [5, 5.41) is 21.8. The lowest BCUT2D eigenvalue weighted by Crippen LogP contribution is -2.13. The Morgan fingerprint density at radius 1 is 0.609 bits per heavy atom. The molecule has 0 heterocycles. The van der Waals surface area contributed by atoms with Crippen LogP contribution in [0.15, 0.2) is 126 Å². The summed E-state index contributed by atoms with van der Waals surface area (Å²) < 4.78 is 0. The van der Waals surface area contributed by atoms with Crippen LogP contribution in [0.3, 0.4) is 0 Å². The zero-order chi connectivity index (χ0) is 32.2. The standard InChI is InChI=1S/C41H47N3OS/c1-41(2,3)39-30-38(46-27-11-26-43-35-21-23-37(24-22-35)44-36-15-8-5-9-16-36)29-33(40(39)45)14-10-25-42-34-19-17-32(18-20-34)28-31-12-6-4-7-13-31/h4-9,12-13,15-24,29-30,42-45H,10-11,14,25-28H2,1-3H3. The summed E-state index contributed by atoms with van der Waals surface area (Å²) >= 11 is 1.87. The number of aryl methyl sites for hydroxylation is 1. The van der Waals surface area contributed by atoms with Crippen molar-refractivity contribution >= 4 is 34.5 Å². The van der Waals surface area contributed by atoms with Gasteiger partial charge in [-0.3, -0.25) is 0 Å². The molecule has 5 aromatic rings. The molecule has 5 aromatic carbocycles. The van der Waals surface area contributed by atoms with Crippen molar-refractivity contribution in [3.63, 3.8) is 0 Å². The smallest absolute Gasteiger partial charge is 0.122 e. The molecule has 0 spiro atoms. The van der Waals surface area contributed by atoms with E-state index < -0.39 is 0 Å². The summed E-state index contributed by atoms with van der Waals surface area (Å²) in [7, 11) is 0. The van der Waals surface area contributed by atoms with Crippen molar-refractivity contribution in [3.05, 3.63) is 144 Å². The molecular weight excluding hydrogens is 583 g/mol. The first-order chi connectivity index (χ1) is 22.3. The molecule has 0 amide bonds. The maximum atomic E-state index is 11.2. The van der Waals surface area contributed by atoms with Crippen LogP contribution in [-0.2, 0) is 18.3 Å². The Morgan fingerprint density at radius 3 is 1.80 bits per heavy atom. The van der Waals surface area contributed by atoms with Crippen molar-refractivity contribution in [1.82, 2.24) is 0 Å². The van der Waals surface area contributed by atoms with Gasteiger partial charge in [0.1, 0.15) is 5.75 Å². The molecule has 0 unspecified atom stereocenters. The van der Waals surface area contributed by atoms with Crippen LogP contribution < -0.4 is 16.0 Å². The van der Waals surface area contributed by atoms with Crippen molar-refractivity contribution in [2.75, 3.05) is 34.8 Å². The molecule has 4 nitrogen and oxygen atoms in total. The number of anilines is 4. The van der Waals surface area contributed by atoms with E-state index in [2.05, 4.69) is 140 Å². The highest BCUT2D eigenvalue weighted by atomic mass is 32.2. The average Bonchev–Trinajstić information content (AvgIpc) is 3.06. The van der Waals surface area contributed by atoms with Gasteiger partial charge in [-0.15, -0.1) is 11.8 Å². The number of para-hydroxylation sites is 1. The first kappa shape index (κ1) is 33.0. The second-order valence-electron chi connectivity index (χ2n) is 12.8. The van der Waals surface area contributed by atoms with Crippen molar-refractivity contribution < 1.29 is 5.11 Å². The molecule has 0 aliphatic carbocycles. The van der Waals surface area contributed by atoms with E-state index in [1.54, 1.807) is 0 Å². The van der Waals surface area contributed by atoms with Gasteiger partial charge >= 0.3 is 0 Å². The van der Waals surface area contributed by atoms with Gasteiger partial charge in [-0.1, -0.05) is 81.4 Å². The maximum Gasteiger partial charge on any atom is 0.122 e. The third-order valence-electron chi connectivity index (χ3n) is 7.99. The van der Waals surface area contributed by atoms with Crippen LogP contribution in [-0.4, -0.2) is 23.9 Å². The van der Waals surface area contributed by atoms with E-state index in [0.29, 0.717) is 5.75 Å². The van der Waals surface area contributed by atoms with Gasteiger partial charge in [-0.05, 0) is 114 Å². The van der Waals surface area contributed by atoms with Gasteiger partial charge in [0.2, 0.25) is 0 Å². The van der Waals surface area contributed by atoms with Crippen LogP contribution in [0.5, 0.6) is 5.75 Å². The first-order valence-electron chi connectivity index (χ1n) is 16.4. The molecule has 0 radical (unpaired) electrons. The lowest BCUT2D eigenvalue weighted by molar-refractivity contribution is 0.438. The molecule has 5 heteroatoms. The quantitative estimate of drug-likeness (QED) is 0.0686. The number of phenols is 1. The molecule has 4 N–H and O–H groups in total. The fraction of sp³-hybridized carbons (Fsp3) is 0.268. The summed E-state index contributed by atoms with van der Waals surface area (Å²) in [5.41, 5.74) is 9.00. The number of phenolic OH excluding ortho intramolecular Hbond substituents is 1. The van der Waals surface area contributed by atoms with E-state index in [1.807, 2.05) is 30.0 Å². The normalized spacial score (nSPS) is 11.3. The molecule has 0 aromatic heterocycles. The van der Waals surface area contributed by atoms with E-state index in [1.165, 1.54) is 16.0 Å². The highest BCUT2D eigenvalue weighted by Crippen LogP contribution is 2.38. The fourth-order valence-corrected chi connectivity index (χ4v) is 6.40. The Kier molecular flexibility index (Phi) is 11.7. The Morgan fingerprint density at radius 2 is 1.15 bits per heavy atom. The Labute approximate surface area is 279 Å². The molecule has 5 rings (SSSR count). The number of hydrogen-bond acceptors (Lipinski definition) is 5. The average molecular weight is 630 g/mol. The van der Waals surface area contributed by atoms with Crippen LogP contribution in [0.1, 0.15) is 55.9 Å². The van der Waals surface area contributed by atoms with E-state index in [0.717, 1.165) is 78.4 Å². The second kappa shape index (κ2) is 16.3. The van der Waals surface area contributed by atoms with E-state index in [4.69, 9.17) is 0 Å². The van der Waals surface area contributed by atoms with Gasteiger partial charge in [0.25, 0.3) is 0 Å². The molecule has 0 aliphatic rings. The Bertz CT molecular complexity index is 1630. The third-order valence-corrected chi connectivity index (χ3v) is 9.06. The van der Waals surface area contributed by atoms with Gasteiger partial charge < -0.3 is 21.1 Å². The van der Waals surface area contributed by atoms with E-state index >= 15 is 0 Å². The molecular formula is C41H47N3OS. The molecule has 0 atom stereocenters. The molecule has 238 valence electrons. The van der Waals surface area contributed by atoms with Crippen LogP contribution in [0.4, 0.5) is 22.7 Å². The van der Waals surface area contributed by atoms with Crippen LogP contribution in [0.25, 0.3) is 0 Å². The number of aromatic hydroxyl groups is 1. The zero-order valence-electron chi connectivity index (χ0n) is 27.4. The third kappa shape index (κ3) is 10.1. The maximum absolute atomic E-state index is 11.2. The lowest BCUT2D eigenvalue weighted by Gasteiger charge is -2.23. The molecule has 46 heavy (non-hydrogen) atoms. The molecule has 0 fully saturated rings. The zero-order valence-corrected chi connectivity index (χ0v) is 28.2. The van der Waals surface area contributed by atoms with Crippen LogP contribution in [0.2, 0.25) is 0 Å². The lowest BCUT2D eigenvalue weighted by atomic mass is 9.84. The first-order valence-corrected chi connectivity index (χ1v) is 17.3. The summed E-state index contributed by atoms with van der Waals surface area (Å²) in [6.07, 6.45) is 3.77. The number of thioether (sulfide) groups is 1. The van der Waals surface area contributed by atoms with Gasteiger partial charge in [-0.25, -0.2) is 0 Å². The Hall–Kier alpha value is -4.35. The minimum atomic E-state index is -0.127. The van der Waals surface area contributed by atoms with E-state index in [9.17, 15) is 5.11 Å². The van der Waals surface area contributed by atoms with Crippen LogP contribution >= 0.6 is 11.8 Å². The predicted octanol–water partition coefficient (Wildman–Crippen LogP) is 10.7. The Balaban J connectivity index is 1.08. The molecule has 0 saturated carbocycles. The highest BCUT2D eigenvalue weighted by Gasteiger charge is 2.21. The van der Waals surface area contributed by atoms with Crippen molar-refractivity contribution in [3.8, 4) is 5.75 Å². The SMILES string of the molecule is CC(C)(C)c1cc(SCCCNc2ccc(Nc3ccccc3)cc2)cc(CCCNc2ccc(Cc3ccccc3)cc2)c1O. The number of nitrogens with one attached hydrogen (secondary N) is 3. The summed E-state index contributed by atoms with van der Waals surface area (Å²) in [4.78, 5) is 1.23. The highest BCUT2D eigenvalue weighted by molar-refractivity contribution is 7.99. The summed E-state index contributed by atoms with van der Waals surface area (Å²) in [6, 6.07) is 42.4. The number of benzene rings is 5. The summed E-state index contributed by atoms with van der Waals surface area (Å²) in [5.74, 6) is 1.46. The van der Waals surface area contributed by atoms with E-state index in [-0.39, 0.29) is 5.41 Å². The van der Waals surface area contributed by atoms with Gasteiger partial charge in [0.05, 0.1) is 0 Å². The number of hydrogen-bond donors (Lipinski definition) is 4. The topological polar surface area (TPSA) is 56.3 Å². The predicted molar refractivity (Wildman–Crippen MR) is 199 cm³/mol. The summed E-state index contributed by atoms with van der Waals surface area (Å²) in [6.45, 7) is 8.29. The minimum Gasteiger partial charge on any atom is -0.507 e. The van der Waals surface area contributed by atoms with Crippen molar-refractivity contribution in [1.29, 1.82) is 0 Å². The minimum absolute atomic E-state index is 0.127. The van der Waals surface area contributed by atoms with Crippen molar-refractivity contribution in [2.45, 2.75) is 56.8 Å². The molecule has 0 saturated heterocycles. The monoisotopic (exact) mass is 629 g/mol. The van der Waals surface area contributed by atoms with Crippen LogP contribution in [0, 0.1) is 0 Å². The fourth-order valence-electron chi connectivity index (χ4n) is 5.45. The molecule has 0 aliphatic heterocycles. The van der Waals surface area contributed by atoms with Crippen molar-refractivity contribution in [2.24, 2.45) is 0 Å². The van der Waals surface area contributed by atoms with Gasteiger partial charge in [-0.2, -0.15) is 0 Å². The largest absolute Gasteiger partial charge is 0.507 e. The van der Waals surface area contributed by atoms with Gasteiger partial charge in [0.15, 0.2) is 0 Å². The van der Waals surface area contributed by atoms with Gasteiger partial charge in [0, 0.05) is 46.3 Å². The molecule has 0 bridgehead atoms. The second-order valence-corrected chi connectivity index (χ2v) is 14.0.